The summed E-state index contributed by atoms with van der Waals surface area (Å²) in [6.45, 7) is 3.68. The molecule has 0 amide bonds. The Hall–Kier alpha value is 0.0700. The van der Waals surface area contributed by atoms with Crippen molar-refractivity contribution < 1.29 is 18.7 Å². The summed E-state index contributed by atoms with van der Waals surface area (Å²) < 4.78 is 21.2. The van der Waals surface area contributed by atoms with E-state index in [1.807, 2.05) is 0 Å². The van der Waals surface area contributed by atoms with Crippen LogP contribution in [0.2, 0.25) is 0 Å². The molecule has 1 atom stereocenters. The second-order valence-electron chi connectivity index (χ2n) is 2.09. The molecule has 0 spiro atoms. The van der Waals surface area contributed by atoms with Gasteiger partial charge in [-0.2, -0.15) is 0 Å². The van der Waals surface area contributed by atoms with Gasteiger partial charge in [-0.25, -0.2) is 0 Å². The molecule has 0 aliphatic heterocycles. The molecule has 0 aromatic rings. The summed E-state index contributed by atoms with van der Waals surface area (Å²) in [6, 6.07) is 0. The van der Waals surface area contributed by atoms with Crippen LogP contribution in [0.4, 0.5) is 0 Å². The average molecular weight is 197 g/mol. The van der Waals surface area contributed by atoms with E-state index in [4.69, 9.17) is 14.8 Å². The fraction of sp³-hybridized carbons (Fsp3) is 1.00. The minimum atomic E-state index is -3.38. The largest absolute Gasteiger partial charge is 0.379 e. The van der Waals surface area contributed by atoms with Crippen molar-refractivity contribution >= 4 is 7.60 Å². The average Bonchev–Trinajstić information content (AvgIpc) is 2.04. The van der Waals surface area contributed by atoms with Gasteiger partial charge in [-0.15, -0.1) is 0 Å². The molecule has 0 fully saturated rings. The third-order valence-electron chi connectivity index (χ3n) is 1.19. The van der Waals surface area contributed by atoms with Crippen LogP contribution in [0.1, 0.15) is 13.8 Å². The lowest BCUT2D eigenvalue weighted by atomic mass is 10.7. The lowest BCUT2D eigenvalue weighted by Gasteiger charge is -2.20. The van der Waals surface area contributed by atoms with Crippen molar-refractivity contribution in [3.8, 4) is 0 Å². The van der Waals surface area contributed by atoms with Crippen molar-refractivity contribution in [2.45, 2.75) is 19.7 Å². The van der Waals surface area contributed by atoms with E-state index in [1.54, 1.807) is 13.8 Å². The summed E-state index contributed by atoms with van der Waals surface area (Å²) in [7, 11) is -3.38. The maximum atomic E-state index is 11.6. The Morgan fingerprint density at radius 2 is 1.83 bits per heavy atom. The first kappa shape index (κ1) is 12.1. The van der Waals surface area contributed by atoms with Crippen molar-refractivity contribution in [2.75, 3.05) is 19.8 Å². The van der Waals surface area contributed by atoms with Gasteiger partial charge >= 0.3 is 7.60 Å². The highest BCUT2D eigenvalue weighted by molar-refractivity contribution is 7.54. The number of rotatable bonds is 6. The molecule has 1 unspecified atom stereocenters. The molecule has 0 heterocycles. The Morgan fingerprint density at radius 3 is 2.08 bits per heavy atom. The first-order chi connectivity index (χ1) is 5.60. The van der Waals surface area contributed by atoms with Gasteiger partial charge in [0.1, 0.15) is 0 Å². The van der Waals surface area contributed by atoms with E-state index >= 15 is 0 Å². The fourth-order valence-corrected chi connectivity index (χ4v) is 2.09. The molecule has 0 rings (SSSR count). The molecule has 0 saturated heterocycles. The number of aliphatic hydroxyl groups excluding tert-OH is 1. The number of hydrogen-bond acceptors (Lipinski definition) is 5. The van der Waals surface area contributed by atoms with Gasteiger partial charge in [0.05, 0.1) is 13.2 Å². The summed E-state index contributed by atoms with van der Waals surface area (Å²) in [4.78, 5) is 0. The van der Waals surface area contributed by atoms with Crippen LogP contribution >= 0.6 is 7.60 Å². The van der Waals surface area contributed by atoms with Gasteiger partial charge in [-0.3, -0.25) is 4.57 Å². The molecule has 74 valence electrons. The maximum Gasteiger partial charge on any atom is 0.360 e. The molecule has 0 aromatic heterocycles. The van der Waals surface area contributed by atoms with E-state index in [9.17, 15) is 9.67 Å². The molecular formula is C6H16NO4P. The third-order valence-corrected chi connectivity index (χ3v) is 3.37. The van der Waals surface area contributed by atoms with Crippen molar-refractivity contribution in [3.63, 3.8) is 0 Å². The summed E-state index contributed by atoms with van der Waals surface area (Å²) in [5.74, 6) is -1.22. The van der Waals surface area contributed by atoms with E-state index in [1.165, 1.54) is 0 Å². The monoisotopic (exact) mass is 197 g/mol. The van der Waals surface area contributed by atoms with Crippen LogP contribution in [-0.2, 0) is 13.6 Å². The first-order valence-electron chi connectivity index (χ1n) is 3.87. The zero-order valence-corrected chi connectivity index (χ0v) is 8.29. The van der Waals surface area contributed by atoms with Gasteiger partial charge in [0, 0.05) is 6.54 Å². The van der Waals surface area contributed by atoms with Crippen LogP contribution in [0, 0.1) is 0 Å². The SMILES string of the molecule is CCOP(=O)(OCC)C(O)CN. The zero-order chi connectivity index (χ0) is 9.61. The Balaban J connectivity index is 4.27. The van der Waals surface area contributed by atoms with Crippen LogP contribution in [0.5, 0.6) is 0 Å². The molecule has 0 aliphatic carbocycles. The molecule has 0 aromatic carbocycles. The molecule has 0 aliphatic rings. The van der Waals surface area contributed by atoms with Gasteiger partial charge in [0.15, 0.2) is 5.85 Å². The topological polar surface area (TPSA) is 81.8 Å². The molecule has 0 radical (unpaired) electrons. The van der Waals surface area contributed by atoms with E-state index < -0.39 is 13.4 Å². The fourth-order valence-electron chi connectivity index (χ4n) is 0.698. The van der Waals surface area contributed by atoms with Gasteiger partial charge in [0.25, 0.3) is 0 Å². The predicted molar refractivity (Wildman–Crippen MR) is 45.9 cm³/mol. The highest BCUT2D eigenvalue weighted by Gasteiger charge is 2.32. The van der Waals surface area contributed by atoms with Crippen LogP contribution in [0.15, 0.2) is 0 Å². The minimum absolute atomic E-state index is 0.128. The summed E-state index contributed by atoms with van der Waals surface area (Å²) in [5.41, 5.74) is 5.14. The van der Waals surface area contributed by atoms with E-state index in [0.29, 0.717) is 0 Å². The third kappa shape index (κ3) is 3.21. The zero-order valence-electron chi connectivity index (χ0n) is 7.40. The van der Waals surface area contributed by atoms with Crippen molar-refractivity contribution in [1.29, 1.82) is 0 Å². The standard InChI is InChI=1S/C6H16NO4P/c1-3-10-12(9,11-4-2)6(8)5-7/h6,8H,3-5,7H2,1-2H3. The lowest BCUT2D eigenvalue weighted by molar-refractivity contribution is 0.153. The van der Waals surface area contributed by atoms with Gasteiger partial charge in [-0.05, 0) is 13.8 Å². The number of nitrogens with two attached hydrogens (primary N) is 1. The summed E-state index contributed by atoms with van der Waals surface area (Å²) in [6.07, 6.45) is 0. The highest BCUT2D eigenvalue weighted by atomic mass is 31.2. The Kier molecular flexibility index (Phi) is 5.70. The quantitative estimate of drug-likeness (QED) is 0.607. The summed E-state index contributed by atoms with van der Waals surface area (Å²) in [5, 5.41) is 9.20. The lowest BCUT2D eigenvalue weighted by Crippen LogP contribution is -2.22. The van der Waals surface area contributed by atoms with Crippen molar-refractivity contribution in [2.24, 2.45) is 5.73 Å². The van der Waals surface area contributed by atoms with Crippen LogP contribution < -0.4 is 5.73 Å². The molecule has 6 heteroatoms. The van der Waals surface area contributed by atoms with Gasteiger partial charge in [0.2, 0.25) is 0 Å². The van der Waals surface area contributed by atoms with Crippen molar-refractivity contribution in [1.82, 2.24) is 0 Å². The van der Waals surface area contributed by atoms with E-state index in [-0.39, 0.29) is 19.8 Å². The Bertz CT molecular complexity index is 154. The molecule has 0 saturated carbocycles. The number of aliphatic hydroxyl groups is 1. The molecule has 5 nitrogen and oxygen atoms in total. The number of hydrogen-bond donors (Lipinski definition) is 2. The van der Waals surface area contributed by atoms with Crippen LogP contribution in [0.25, 0.3) is 0 Å². The minimum Gasteiger partial charge on any atom is -0.379 e. The predicted octanol–water partition coefficient (Wildman–Crippen LogP) is 0.530. The van der Waals surface area contributed by atoms with E-state index in [2.05, 4.69) is 0 Å². The Morgan fingerprint density at radius 1 is 1.42 bits per heavy atom. The smallest absolute Gasteiger partial charge is 0.360 e. The molecule has 12 heavy (non-hydrogen) atoms. The normalized spacial score (nSPS) is 14.7. The first-order valence-corrected chi connectivity index (χ1v) is 5.48. The van der Waals surface area contributed by atoms with Crippen LogP contribution in [0.3, 0.4) is 0 Å². The highest BCUT2D eigenvalue weighted by Crippen LogP contribution is 2.51. The second kappa shape index (κ2) is 5.67. The second-order valence-corrected chi connectivity index (χ2v) is 4.28. The molecular weight excluding hydrogens is 181 g/mol. The summed E-state index contributed by atoms with van der Waals surface area (Å²) >= 11 is 0. The van der Waals surface area contributed by atoms with Crippen molar-refractivity contribution in [3.05, 3.63) is 0 Å². The maximum absolute atomic E-state index is 11.6. The van der Waals surface area contributed by atoms with E-state index in [0.717, 1.165) is 0 Å². The molecule has 3 N–H and O–H groups in total. The Labute approximate surface area is 72.4 Å². The van der Waals surface area contributed by atoms with Gasteiger partial charge < -0.3 is 19.9 Å². The van der Waals surface area contributed by atoms with Crippen LogP contribution in [-0.4, -0.2) is 30.7 Å². The molecule has 0 bridgehead atoms. The van der Waals surface area contributed by atoms with Gasteiger partial charge in [-0.1, -0.05) is 0 Å².